The van der Waals surface area contributed by atoms with Crippen LogP contribution in [0.1, 0.15) is 20.3 Å². The first-order valence-electron chi connectivity index (χ1n) is 5.87. The van der Waals surface area contributed by atoms with Crippen molar-refractivity contribution in [3.05, 3.63) is 0 Å². The molecule has 0 heterocycles. The molecule has 0 radical (unpaired) electrons. The number of thioether (sulfide) groups is 1. The van der Waals surface area contributed by atoms with E-state index < -0.39 is 30.0 Å². The Morgan fingerprint density at radius 2 is 1.84 bits per heavy atom. The van der Waals surface area contributed by atoms with Crippen LogP contribution in [0.4, 0.5) is 4.79 Å². The van der Waals surface area contributed by atoms with E-state index in [9.17, 15) is 14.4 Å². The quantitative estimate of drug-likeness (QED) is 0.501. The lowest BCUT2D eigenvalue weighted by Crippen LogP contribution is -2.54. The third-order valence-electron chi connectivity index (χ3n) is 2.47. The van der Waals surface area contributed by atoms with Gasteiger partial charge in [-0.25, -0.2) is 9.59 Å². The fourth-order valence-electron chi connectivity index (χ4n) is 1.44. The molecule has 19 heavy (non-hydrogen) atoms. The van der Waals surface area contributed by atoms with Crippen LogP contribution in [0.3, 0.4) is 0 Å². The lowest BCUT2D eigenvalue weighted by atomic mass is 10.0. The molecule has 0 bridgehead atoms. The molecule has 0 rings (SSSR count). The zero-order valence-corrected chi connectivity index (χ0v) is 12.1. The van der Waals surface area contributed by atoms with Crippen molar-refractivity contribution in [1.29, 1.82) is 0 Å². The van der Waals surface area contributed by atoms with Crippen LogP contribution >= 0.6 is 11.8 Å². The minimum Gasteiger partial charge on any atom is -0.480 e. The molecule has 0 fully saturated rings. The second-order valence-corrected chi connectivity index (χ2v) is 5.40. The van der Waals surface area contributed by atoms with Crippen LogP contribution in [0.15, 0.2) is 0 Å². The summed E-state index contributed by atoms with van der Waals surface area (Å²) < 4.78 is 0. The van der Waals surface area contributed by atoms with Crippen LogP contribution in [0.5, 0.6) is 0 Å². The minimum absolute atomic E-state index is 0.192. The summed E-state index contributed by atoms with van der Waals surface area (Å²) in [5.74, 6) is -1.21. The molecule has 0 aromatic rings. The Kier molecular flexibility index (Phi) is 7.97. The molecule has 0 aliphatic rings. The number of urea groups is 1. The molecular weight excluding hydrogens is 270 g/mol. The number of nitrogens with one attached hydrogen (secondary N) is 2. The Morgan fingerprint density at radius 3 is 2.21 bits per heavy atom. The molecule has 0 aromatic heterocycles. The lowest BCUT2D eigenvalue weighted by Gasteiger charge is -2.23. The predicted octanol–water partition coefficient (Wildman–Crippen LogP) is 0.00180. The second kappa shape index (κ2) is 8.63. The number of nitrogens with two attached hydrogens (primary N) is 1. The van der Waals surface area contributed by atoms with Gasteiger partial charge < -0.3 is 21.5 Å². The molecule has 0 saturated carbocycles. The molecule has 0 aromatic carbocycles. The van der Waals surface area contributed by atoms with Crippen LogP contribution in [-0.4, -0.2) is 47.1 Å². The molecule has 110 valence electrons. The minimum atomic E-state index is -1.09. The van der Waals surface area contributed by atoms with Crippen molar-refractivity contribution in [1.82, 2.24) is 10.6 Å². The number of hydrogen-bond donors (Lipinski definition) is 4. The molecular formula is C11H21N3O4S. The number of primary amides is 1. The third-order valence-corrected chi connectivity index (χ3v) is 3.12. The number of carboxylic acid groups (broad SMARTS) is 1. The van der Waals surface area contributed by atoms with Crippen molar-refractivity contribution >= 4 is 29.7 Å². The number of aliphatic carboxylic acids is 1. The average Bonchev–Trinajstić information content (AvgIpc) is 2.30. The van der Waals surface area contributed by atoms with Gasteiger partial charge in [-0.2, -0.15) is 11.8 Å². The van der Waals surface area contributed by atoms with Gasteiger partial charge in [0.25, 0.3) is 0 Å². The van der Waals surface area contributed by atoms with Crippen molar-refractivity contribution in [3.63, 3.8) is 0 Å². The number of rotatable bonds is 8. The molecule has 0 aliphatic carbocycles. The van der Waals surface area contributed by atoms with E-state index in [1.807, 2.05) is 6.26 Å². The van der Waals surface area contributed by atoms with Gasteiger partial charge in [-0.05, 0) is 24.3 Å². The number of amides is 3. The van der Waals surface area contributed by atoms with Crippen molar-refractivity contribution in [2.45, 2.75) is 32.4 Å². The Balaban J connectivity index is 4.65. The van der Waals surface area contributed by atoms with E-state index in [4.69, 9.17) is 10.8 Å². The molecule has 0 spiro atoms. The highest BCUT2D eigenvalue weighted by Gasteiger charge is 2.27. The van der Waals surface area contributed by atoms with E-state index in [-0.39, 0.29) is 5.92 Å². The van der Waals surface area contributed by atoms with Crippen molar-refractivity contribution in [2.75, 3.05) is 12.0 Å². The first-order valence-corrected chi connectivity index (χ1v) is 7.27. The highest BCUT2D eigenvalue weighted by Crippen LogP contribution is 2.05. The smallest absolute Gasteiger partial charge is 0.326 e. The second-order valence-electron chi connectivity index (χ2n) is 4.41. The Hall–Kier alpha value is -1.44. The molecule has 5 N–H and O–H groups in total. The molecule has 3 amide bonds. The van der Waals surface area contributed by atoms with Gasteiger partial charge in [0.05, 0.1) is 0 Å². The summed E-state index contributed by atoms with van der Waals surface area (Å²) in [7, 11) is 0. The van der Waals surface area contributed by atoms with Gasteiger partial charge in [-0.3, -0.25) is 4.79 Å². The van der Waals surface area contributed by atoms with Crippen molar-refractivity contribution in [3.8, 4) is 0 Å². The predicted molar refractivity (Wildman–Crippen MR) is 73.9 cm³/mol. The molecule has 7 nitrogen and oxygen atoms in total. The maximum atomic E-state index is 11.9. The maximum absolute atomic E-state index is 11.9. The van der Waals surface area contributed by atoms with Crippen LogP contribution in [-0.2, 0) is 9.59 Å². The number of hydrogen-bond acceptors (Lipinski definition) is 4. The van der Waals surface area contributed by atoms with Gasteiger partial charge in [-0.15, -0.1) is 0 Å². The normalized spacial score (nSPS) is 13.7. The summed E-state index contributed by atoms with van der Waals surface area (Å²) in [6.07, 6.45) is 2.18. The van der Waals surface area contributed by atoms with Crippen molar-refractivity contribution in [2.24, 2.45) is 11.7 Å². The Labute approximate surface area is 116 Å². The fraction of sp³-hybridized carbons (Fsp3) is 0.727. The van der Waals surface area contributed by atoms with Gasteiger partial charge in [0.2, 0.25) is 5.91 Å². The first kappa shape index (κ1) is 17.6. The molecule has 0 aliphatic heterocycles. The largest absolute Gasteiger partial charge is 0.480 e. The molecule has 2 atom stereocenters. The van der Waals surface area contributed by atoms with E-state index in [0.29, 0.717) is 12.2 Å². The fourth-order valence-corrected chi connectivity index (χ4v) is 1.91. The average molecular weight is 291 g/mol. The van der Waals surface area contributed by atoms with E-state index in [1.165, 1.54) is 11.8 Å². The topological polar surface area (TPSA) is 122 Å². The van der Waals surface area contributed by atoms with Gasteiger partial charge >= 0.3 is 12.0 Å². The van der Waals surface area contributed by atoms with E-state index in [0.717, 1.165) is 0 Å². The highest BCUT2D eigenvalue weighted by atomic mass is 32.2. The van der Waals surface area contributed by atoms with Crippen molar-refractivity contribution < 1.29 is 19.5 Å². The number of carboxylic acids is 1. The Bertz CT molecular complexity index is 336. The van der Waals surface area contributed by atoms with Crippen LogP contribution in [0.2, 0.25) is 0 Å². The van der Waals surface area contributed by atoms with Crippen LogP contribution in [0, 0.1) is 5.92 Å². The lowest BCUT2D eigenvalue weighted by molar-refractivity contribution is -0.142. The third kappa shape index (κ3) is 6.90. The summed E-state index contributed by atoms with van der Waals surface area (Å²) in [6.45, 7) is 3.47. The van der Waals surface area contributed by atoms with Gasteiger partial charge in [0, 0.05) is 0 Å². The standard InChI is InChI=1S/C11H21N3O4S/c1-6(2)8(14-11(12)18)9(15)13-7(10(16)17)4-5-19-3/h6-8H,4-5H2,1-3H3,(H,13,15)(H,16,17)(H3,12,14,18). The maximum Gasteiger partial charge on any atom is 0.326 e. The first-order chi connectivity index (χ1) is 8.79. The van der Waals surface area contributed by atoms with Crippen LogP contribution in [0.25, 0.3) is 0 Å². The molecule has 0 saturated heterocycles. The summed E-state index contributed by atoms with van der Waals surface area (Å²) in [4.78, 5) is 33.8. The number of carbonyl (C=O) groups excluding carboxylic acids is 2. The van der Waals surface area contributed by atoms with E-state index in [1.54, 1.807) is 13.8 Å². The monoisotopic (exact) mass is 291 g/mol. The van der Waals surface area contributed by atoms with Gasteiger partial charge in [0.15, 0.2) is 0 Å². The van der Waals surface area contributed by atoms with E-state index in [2.05, 4.69) is 10.6 Å². The SMILES string of the molecule is CSCCC(NC(=O)C(NC(N)=O)C(C)C)C(=O)O. The summed E-state index contributed by atoms with van der Waals surface area (Å²) in [5.41, 5.74) is 4.99. The zero-order chi connectivity index (χ0) is 15.0. The highest BCUT2D eigenvalue weighted by molar-refractivity contribution is 7.98. The van der Waals surface area contributed by atoms with Crippen LogP contribution < -0.4 is 16.4 Å². The summed E-state index contributed by atoms with van der Waals surface area (Å²) in [6, 6.07) is -2.62. The molecule has 8 heteroatoms. The van der Waals surface area contributed by atoms with Gasteiger partial charge in [0.1, 0.15) is 12.1 Å². The van der Waals surface area contributed by atoms with Gasteiger partial charge in [-0.1, -0.05) is 13.8 Å². The summed E-state index contributed by atoms with van der Waals surface area (Å²) in [5, 5.41) is 13.7. The number of carbonyl (C=O) groups is 3. The summed E-state index contributed by atoms with van der Waals surface area (Å²) >= 11 is 1.50. The zero-order valence-electron chi connectivity index (χ0n) is 11.3. The molecule has 2 unspecified atom stereocenters. The van der Waals surface area contributed by atoms with E-state index >= 15 is 0 Å². The Morgan fingerprint density at radius 1 is 1.26 bits per heavy atom.